The second-order valence-electron chi connectivity index (χ2n) is 7.53. The van der Waals surface area contributed by atoms with Crippen molar-refractivity contribution in [3.8, 4) is 28.8 Å². The van der Waals surface area contributed by atoms with Gasteiger partial charge in [0.2, 0.25) is 11.8 Å². The van der Waals surface area contributed by atoms with Crippen LogP contribution in [-0.2, 0) is 0 Å². The molecule has 0 atom stereocenters. The van der Waals surface area contributed by atoms with E-state index in [9.17, 15) is 0 Å². The molecule has 3 heterocycles. The first kappa shape index (κ1) is 18.3. The first-order chi connectivity index (χ1) is 15.9. The highest BCUT2D eigenvalue weighted by atomic mass is 16.5. The standard InChI is InChI=1S/C28H19N3O/c1-2-10-20(11-3-1)23-14-8-18-27(29-23)32-28-19-9-17-26(30-28)31-24-15-6-4-12-21(24)22-13-5-7-16-25(22)31/h1-19H. The predicted octanol–water partition coefficient (Wildman–Crippen LogP) is 7.03. The maximum Gasteiger partial charge on any atom is 0.223 e. The number of fused-ring (bicyclic) bond motifs is 3. The number of pyridine rings is 2. The van der Waals surface area contributed by atoms with E-state index >= 15 is 0 Å². The maximum atomic E-state index is 6.07. The van der Waals surface area contributed by atoms with Crippen molar-refractivity contribution in [3.05, 3.63) is 115 Å². The van der Waals surface area contributed by atoms with Crippen LogP contribution in [0.4, 0.5) is 0 Å². The number of ether oxygens (including phenoxy) is 1. The van der Waals surface area contributed by atoms with Crippen LogP contribution in [0.2, 0.25) is 0 Å². The zero-order chi connectivity index (χ0) is 21.3. The van der Waals surface area contributed by atoms with Crippen molar-refractivity contribution < 1.29 is 4.74 Å². The molecule has 0 aliphatic carbocycles. The van der Waals surface area contributed by atoms with E-state index in [1.165, 1.54) is 10.8 Å². The monoisotopic (exact) mass is 413 g/mol. The quantitative estimate of drug-likeness (QED) is 0.311. The van der Waals surface area contributed by atoms with E-state index in [1.54, 1.807) is 0 Å². The number of benzene rings is 3. The Labute approximate surface area is 185 Å². The fourth-order valence-electron chi connectivity index (χ4n) is 4.10. The maximum absolute atomic E-state index is 6.07. The van der Waals surface area contributed by atoms with Gasteiger partial charge in [-0.1, -0.05) is 78.9 Å². The number of rotatable bonds is 4. The molecule has 0 saturated heterocycles. The minimum Gasteiger partial charge on any atom is -0.421 e. The second-order valence-corrected chi connectivity index (χ2v) is 7.53. The lowest BCUT2D eigenvalue weighted by atomic mass is 10.1. The minimum atomic E-state index is 0.502. The fourth-order valence-corrected chi connectivity index (χ4v) is 4.10. The predicted molar refractivity (Wildman–Crippen MR) is 128 cm³/mol. The molecule has 3 aromatic heterocycles. The van der Waals surface area contributed by atoms with Gasteiger partial charge in [-0.2, -0.15) is 4.98 Å². The van der Waals surface area contributed by atoms with Crippen molar-refractivity contribution in [3.63, 3.8) is 0 Å². The first-order valence-corrected chi connectivity index (χ1v) is 10.5. The molecule has 0 fully saturated rings. The molecule has 0 bridgehead atoms. The van der Waals surface area contributed by atoms with Crippen LogP contribution < -0.4 is 4.74 Å². The van der Waals surface area contributed by atoms with E-state index in [-0.39, 0.29) is 0 Å². The number of hydrogen-bond acceptors (Lipinski definition) is 3. The van der Waals surface area contributed by atoms with Crippen molar-refractivity contribution in [1.29, 1.82) is 0 Å². The fraction of sp³-hybridized carbons (Fsp3) is 0. The van der Waals surface area contributed by atoms with Gasteiger partial charge in [0.25, 0.3) is 0 Å². The number of aromatic nitrogens is 3. The highest BCUT2D eigenvalue weighted by Gasteiger charge is 2.13. The van der Waals surface area contributed by atoms with Crippen LogP contribution in [0, 0.1) is 0 Å². The van der Waals surface area contributed by atoms with E-state index in [0.717, 1.165) is 28.1 Å². The van der Waals surface area contributed by atoms with Crippen LogP contribution in [0.1, 0.15) is 0 Å². The highest BCUT2D eigenvalue weighted by molar-refractivity contribution is 6.09. The summed E-state index contributed by atoms with van der Waals surface area (Å²) >= 11 is 0. The number of hydrogen-bond donors (Lipinski definition) is 0. The Hall–Kier alpha value is -4.44. The molecular formula is C28H19N3O. The Morgan fingerprint density at radius 3 is 1.81 bits per heavy atom. The summed E-state index contributed by atoms with van der Waals surface area (Å²) in [6.45, 7) is 0. The van der Waals surface area contributed by atoms with Gasteiger partial charge in [0.1, 0.15) is 5.82 Å². The lowest BCUT2D eigenvalue weighted by molar-refractivity contribution is 0.445. The smallest absolute Gasteiger partial charge is 0.223 e. The Morgan fingerprint density at radius 1 is 0.500 bits per heavy atom. The summed E-state index contributed by atoms with van der Waals surface area (Å²) in [6.07, 6.45) is 0. The van der Waals surface area contributed by atoms with E-state index in [1.807, 2.05) is 66.7 Å². The van der Waals surface area contributed by atoms with Gasteiger partial charge in [-0.3, -0.25) is 4.57 Å². The van der Waals surface area contributed by atoms with E-state index in [2.05, 4.69) is 58.1 Å². The summed E-state index contributed by atoms with van der Waals surface area (Å²) in [4.78, 5) is 9.48. The molecule has 0 aliphatic rings. The molecule has 32 heavy (non-hydrogen) atoms. The van der Waals surface area contributed by atoms with E-state index in [0.29, 0.717) is 11.8 Å². The van der Waals surface area contributed by atoms with Gasteiger partial charge >= 0.3 is 0 Å². The molecule has 6 aromatic rings. The molecule has 0 saturated carbocycles. The minimum absolute atomic E-state index is 0.502. The molecule has 0 N–H and O–H groups in total. The molecule has 152 valence electrons. The van der Waals surface area contributed by atoms with Gasteiger partial charge in [0.15, 0.2) is 0 Å². The van der Waals surface area contributed by atoms with Crippen molar-refractivity contribution in [2.75, 3.05) is 0 Å². The van der Waals surface area contributed by atoms with Crippen LogP contribution in [0.5, 0.6) is 11.8 Å². The van der Waals surface area contributed by atoms with Gasteiger partial charge in [-0.25, -0.2) is 4.98 Å². The average Bonchev–Trinajstić information content (AvgIpc) is 3.19. The summed E-state index contributed by atoms with van der Waals surface area (Å²) < 4.78 is 8.24. The number of nitrogens with zero attached hydrogens (tertiary/aromatic N) is 3. The Morgan fingerprint density at radius 2 is 1.09 bits per heavy atom. The first-order valence-electron chi connectivity index (χ1n) is 10.5. The lowest BCUT2D eigenvalue weighted by Gasteiger charge is -2.10. The largest absolute Gasteiger partial charge is 0.421 e. The third-order valence-electron chi connectivity index (χ3n) is 5.52. The Kier molecular flexibility index (Phi) is 4.40. The van der Waals surface area contributed by atoms with Crippen molar-refractivity contribution in [2.45, 2.75) is 0 Å². The topological polar surface area (TPSA) is 39.9 Å². The van der Waals surface area contributed by atoms with Crippen molar-refractivity contribution in [1.82, 2.24) is 14.5 Å². The molecule has 4 nitrogen and oxygen atoms in total. The molecule has 0 unspecified atom stereocenters. The van der Waals surface area contributed by atoms with E-state index < -0.39 is 0 Å². The van der Waals surface area contributed by atoms with Crippen molar-refractivity contribution >= 4 is 21.8 Å². The van der Waals surface area contributed by atoms with Gasteiger partial charge in [0, 0.05) is 28.5 Å². The van der Waals surface area contributed by atoms with Crippen LogP contribution in [0.25, 0.3) is 38.9 Å². The zero-order valence-electron chi connectivity index (χ0n) is 17.2. The van der Waals surface area contributed by atoms with Gasteiger partial charge in [-0.05, 0) is 24.3 Å². The SMILES string of the molecule is c1ccc(-c2cccc(Oc3cccc(-n4c5ccccc5c5ccccc54)n3)n2)cc1. The lowest BCUT2D eigenvalue weighted by Crippen LogP contribution is -1.99. The zero-order valence-corrected chi connectivity index (χ0v) is 17.2. The summed E-state index contributed by atoms with van der Waals surface area (Å²) in [5.74, 6) is 1.82. The normalized spacial score (nSPS) is 11.1. The van der Waals surface area contributed by atoms with Crippen LogP contribution in [-0.4, -0.2) is 14.5 Å². The third-order valence-corrected chi connectivity index (χ3v) is 5.52. The van der Waals surface area contributed by atoms with Crippen LogP contribution >= 0.6 is 0 Å². The van der Waals surface area contributed by atoms with Gasteiger partial charge in [0.05, 0.1) is 16.7 Å². The average molecular weight is 413 g/mol. The molecule has 0 spiro atoms. The van der Waals surface area contributed by atoms with Gasteiger partial charge in [-0.15, -0.1) is 0 Å². The van der Waals surface area contributed by atoms with Crippen LogP contribution in [0.15, 0.2) is 115 Å². The third kappa shape index (κ3) is 3.19. The Bertz CT molecular complexity index is 1500. The summed E-state index contributed by atoms with van der Waals surface area (Å²) in [5.41, 5.74) is 4.14. The summed E-state index contributed by atoms with van der Waals surface area (Å²) in [7, 11) is 0. The van der Waals surface area contributed by atoms with E-state index in [4.69, 9.17) is 9.72 Å². The number of para-hydroxylation sites is 2. The summed E-state index contributed by atoms with van der Waals surface area (Å²) in [5, 5.41) is 2.40. The highest BCUT2D eigenvalue weighted by Crippen LogP contribution is 2.32. The van der Waals surface area contributed by atoms with Crippen LogP contribution in [0.3, 0.4) is 0 Å². The van der Waals surface area contributed by atoms with Gasteiger partial charge < -0.3 is 4.74 Å². The molecule has 0 amide bonds. The molecule has 3 aromatic carbocycles. The molecule has 6 rings (SSSR count). The molecule has 4 heteroatoms. The summed E-state index contributed by atoms with van der Waals surface area (Å²) in [6, 6.07) is 38.4. The van der Waals surface area contributed by atoms with Crippen molar-refractivity contribution in [2.24, 2.45) is 0 Å². The molecule has 0 radical (unpaired) electrons. The molecule has 0 aliphatic heterocycles. The Balaban J connectivity index is 1.41. The molecular weight excluding hydrogens is 394 g/mol. The second kappa shape index (κ2) is 7.67.